The van der Waals surface area contributed by atoms with Gasteiger partial charge in [-0.05, 0) is 51.2 Å². The smallest absolute Gasteiger partial charge is 0.264 e. The predicted molar refractivity (Wildman–Crippen MR) is 118 cm³/mol. The van der Waals surface area contributed by atoms with Gasteiger partial charge < -0.3 is 14.6 Å². The second-order valence-corrected chi connectivity index (χ2v) is 9.89. The lowest BCUT2D eigenvalue weighted by Crippen LogP contribution is -2.40. The van der Waals surface area contributed by atoms with Gasteiger partial charge in [0.25, 0.3) is 11.8 Å². The van der Waals surface area contributed by atoms with E-state index in [1.54, 1.807) is 24.3 Å². The van der Waals surface area contributed by atoms with Gasteiger partial charge in [-0.1, -0.05) is 30.0 Å². The van der Waals surface area contributed by atoms with Gasteiger partial charge in [-0.3, -0.25) is 9.59 Å². The maximum atomic E-state index is 14.0. The van der Waals surface area contributed by atoms with Crippen LogP contribution in [-0.2, 0) is 4.79 Å². The van der Waals surface area contributed by atoms with E-state index < -0.39 is 4.75 Å². The molecular weight excluding hydrogens is 417 g/mol. The SMILES string of the molecule is C[C@H](NC1=NC(=O)C(C)(CC2CCN(C(=O)c3ccoc3)CC2)S1)c1ccccc1F. The van der Waals surface area contributed by atoms with E-state index in [2.05, 4.69) is 10.3 Å². The van der Waals surface area contributed by atoms with Crippen molar-refractivity contribution in [1.29, 1.82) is 0 Å². The van der Waals surface area contributed by atoms with Crippen molar-refractivity contribution in [3.63, 3.8) is 0 Å². The Morgan fingerprint density at radius 2 is 2.10 bits per heavy atom. The maximum Gasteiger partial charge on any atom is 0.264 e. The molecule has 31 heavy (non-hydrogen) atoms. The number of piperidine rings is 1. The number of aliphatic imine (C=N–C) groups is 1. The minimum absolute atomic E-state index is 0.0123. The van der Waals surface area contributed by atoms with E-state index >= 15 is 0 Å². The average molecular weight is 444 g/mol. The number of thioether (sulfide) groups is 1. The monoisotopic (exact) mass is 443 g/mol. The van der Waals surface area contributed by atoms with E-state index in [9.17, 15) is 14.0 Å². The van der Waals surface area contributed by atoms with Crippen molar-refractivity contribution in [3.05, 3.63) is 59.8 Å². The lowest BCUT2D eigenvalue weighted by Gasteiger charge is -2.34. The molecule has 0 radical (unpaired) electrons. The number of carbonyl (C=O) groups excluding carboxylic acids is 2. The maximum absolute atomic E-state index is 14.0. The summed E-state index contributed by atoms with van der Waals surface area (Å²) in [5.41, 5.74) is 1.11. The van der Waals surface area contributed by atoms with Gasteiger partial charge in [0.1, 0.15) is 16.8 Å². The molecule has 1 unspecified atom stereocenters. The Hall–Kier alpha value is -2.61. The van der Waals surface area contributed by atoms with Crippen LogP contribution >= 0.6 is 11.8 Å². The number of likely N-dealkylation sites (tertiary alicyclic amines) is 1. The summed E-state index contributed by atoms with van der Waals surface area (Å²) in [6, 6.07) is 7.99. The fraction of sp³-hybridized carbons (Fsp3) is 0.435. The second-order valence-electron chi connectivity index (χ2n) is 8.39. The van der Waals surface area contributed by atoms with Gasteiger partial charge in [0.15, 0.2) is 5.17 Å². The minimum Gasteiger partial charge on any atom is -0.472 e. The van der Waals surface area contributed by atoms with E-state index in [1.165, 1.54) is 30.4 Å². The Labute approximate surface area is 185 Å². The molecule has 4 rings (SSSR count). The topological polar surface area (TPSA) is 74.9 Å². The van der Waals surface area contributed by atoms with E-state index in [4.69, 9.17) is 4.42 Å². The lowest BCUT2D eigenvalue weighted by atomic mass is 9.87. The van der Waals surface area contributed by atoms with Crippen LogP contribution in [0.15, 0.2) is 52.3 Å². The van der Waals surface area contributed by atoms with Gasteiger partial charge in [0.05, 0.1) is 17.9 Å². The van der Waals surface area contributed by atoms with Gasteiger partial charge in [-0.15, -0.1) is 0 Å². The molecular formula is C23H26FN3O3S. The zero-order chi connectivity index (χ0) is 22.0. The van der Waals surface area contributed by atoms with Crippen LogP contribution in [0.5, 0.6) is 0 Å². The van der Waals surface area contributed by atoms with Crippen molar-refractivity contribution >= 4 is 28.7 Å². The first-order valence-electron chi connectivity index (χ1n) is 10.5. The fourth-order valence-electron chi connectivity index (χ4n) is 4.23. The number of hydrogen-bond donors (Lipinski definition) is 1. The van der Waals surface area contributed by atoms with Crippen molar-refractivity contribution in [1.82, 2.24) is 10.2 Å². The number of nitrogens with one attached hydrogen (secondary N) is 1. The largest absolute Gasteiger partial charge is 0.472 e. The molecule has 0 spiro atoms. The third-order valence-electron chi connectivity index (χ3n) is 6.04. The van der Waals surface area contributed by atoms with Gasteiger partial charge in [-0.25, -0.2) is 4.39 Å². The molecule has 0 bridgehead atoms. The van der Waals surface area contributed by atoms with Gasteiger partial charge in [0, 0.05) is 18.7 Å². The van der Waals surface area contributed by atoms with Crippen LogP contribution in [0.25, 0.3) is 0 Å². The second kappa shape index (κ2) is 8.86. The molecule has 3 heterocycles. The Morgan fingerprint density at radius 1 is 1.35 bits per heavy atom. The molecule has 2 amide bonds. The highest BCUT2D eigenvalue weighted by Crippen LogP contribution is 2.41. The van der Waals surface area contributed by atoms with Crippen LogP contribution in [-0.4, -0.2) is 39.7 Å². The van der Waals surface area contributed by atoms with E-state index in [0.29, 0.717) is 41.7 Å². The number of halogens is 1. The van der Waals surface area contributed by atoms with Gasteiger partial charge >= 0.3 is 0 Å². The summed E-state index contributed by atoms with van der Waals surface area (Å²) in [4.78, 5) is 31.2. The summed E-state index contributed by atoms with van der Waals surface area (Å²) in [5.74, 6) is -0.107. The summed E-state index contributed by atoms with van der Waals surface area (Å²) >= 11 is 1.42. The summed E-state index contributed by atoms with van der Waals surface area (Å²) in [6.07, 6.45) is 5.37. The standard InChI is InChI=1S/C23H26FN3O3S/c1-15(18-5-3-4-6-19(18)24)25-22-26-21(29)23(2,31-22)13-16-7-10-27(11-8-16)20(28)17-9-12-30-14-17/h3-6,9,12,14-16H,7-8,10-11,13H2,1-2H3,(H,25,26,29)/t15-,23?/m0/s1. The Balaban J connectivity index is 1.31. The Bertz CT molecular complexity index is 986. The lowest BCUT2D eigenvalue weighted by molar-refractivity contribution is -0.119. The van der Waals surface area contributed by atoms with Crippen LogP contribution in [0, 0.1) is 11.7 Å². The molecule has 164 valence electrons. The van der Waals surface area contributed by atoms with E-state index in [1.807, 2.05) is 18.7 Å². The molecule has 2 aliphatic heterocycles. The number of rotatable bonds is 5. The first-order valence-corrected chi connectivity index (χ1v) is 11.3. The van der Waals surface area contributed by atoms with Crippen molar-refractivity contribution in [3.8, 4) is 0 Å². The normalized spacial score (nSPS) is 23.0. The zero-order valence-corrected chi connectivity index (χ0v) is 18.5. The number of amides is 2. The molecule has 2 aliphatic rings. The molecule has 2 atom stereocenters. The quantitative estimate of drug-likeness (QED) is 0.741. The molecule has 1 aromatic carbocycles. The number of benzene rings is 1. The summed E-state index contributed by atoms with van der Waals surface area (Å²) < 4.78 is 18.4. The molecule has 1 fully saturated rings. The molecule has 1 saturated heterocycles. The van der Waals surface area contributed by atoms with Crippen LogP contribution in [0.1, 0.15) is 55.1 Å². The van der Waals surface area contributed by atoms with E-state index in [-0.39, 0.29) is 23.7 Å². The zero-order valence-electron chi connectivity index (χ0n) is 17.6. The Morgan fingerprint density at radius 3 is 2.77 bits per heavy atom. The third kappa shape index (κ3) is 4.69. The number of nitrogens with zero attached hydrogens (tertiary/aromatic N) is 2. The first kappa shape index (κ1) is 21.6. The summed E-state index contributed by atoms with van der Waals surface area (Å²) in [6.45, 7) is 5.11. The predicted octanol–water partition coefficient (Wildman–Crippen LogP) is 4.40. The third-order valence-corrected chi connectivity index (χ3v) is 7.23. The van der Waals surface area contributed by atoms with Crippen LogP contribution in [0.4, 0.5) is 4.39 Å². The number of amidine groups is 1. The molecule has 1 N–H and O–H groups in total. The van der Waals surface area contributed by atoms with Crippen molar-refractivity contribution in [2.45, 2.75) is 43.9 Å². The highest BCUT2D eigenvalue weighted by atomic mass is 32.2. The number of furan rings is 1. The number of carbonyl (C=O) groups is 2. The van der Waals surface area contributed by atoms with Crippen LogP contribution in [0.2, 0.25) is 0 Å². The van der Waals surface area contributed by atoms with Crippen LogP contribution in [0.3, 0.4) is 0 Å². The first-order chi connectivity index (χ1) is 14.9. The van der Waals surface area contributed by atoms with Crippen molar-refractivity contribution in [2.75, 3.05) is 13.1 Å². The molecule has 8 heteroatoms. The average Bonchev–Trinajstić information content (AvgIpc) is 3.37. The summed E-state index contributed by atoms with van der Waals surface area (Å²) in [5, 5.41) is 3.72. The molecule has 1 aromatic heterocycles. The highest BCUT2D eigenvalue weighted by molar-refractivity contribution is 8.16. The van der Waals surface area contributed by atoms with E-state index in [0.717, 1.165) is 12.8 Å². The van der Waals surface area contributed by atoms with Gasteiger partial charge in [-0.2, -0.15) is 4.99 Å². The fourth-order valence-corrected chi connectivity index (χ4v) is 5.47. The Kier molecular flexibility index (Phi) is 6.18. The highest BCUT2D eigenvalue weighted by Gasteiger charge is 2.43. The van der Waals surface area contributed by atoms with Crippen LogP contribution < -0.4 is 5.32 Å². The number of hydrogen-bond acceptors (Lipinski definition) is 5. The molecule has 6 nitrogen and oxygen atoms in total. The van der Waals surface area contributed by atoms with Crippen molar-refractivity contribution in [2.24, 2.45) is 10.9 Å². The molecule has 0 aliphatic carbocycles. The summed E-state index contributed by atoms with van der Waals surface area (Å²) in [7, 11) is 0. The van der Waals surface area contributed by atoms with Gasteiger partial charge in [0.2, 0.25) is 0 Å². The van der Waals surface area contributed by atoms with Crippen molar-refractivity contribution < 1.29 is 18.4 Å². The minimum atomic E-state index is -0.640. The molecule has 0 saturated carbocycles. The molecule has 2 aromatic rings.